The number of aromatic hydroxyl groups is 1. The molecule has 0 aliphatic heterocycles. The lowest BCUT2D eigenvalue weighted by Crippen LogP contribution is -2.19. The summed E-state index contributed by atoms with van der Waals surface area (Å²) in [5.41, 5.74) is 6.95. The summed E-state index contributed by atoms with van der Waals surface area (Å²) in [7, 11) is -20.1. The van der Waals surface area contributed by atoms with Gasteiger partial charge < -0.3 is 26.8 Å². The normalized spacial score (nSPS) is 12.9. The smallest absolute Gasteiger partial charge is 0.296 e. The minimum Gasteiger partial charge on any atom is -0.505 e. The summed E-state index contributed by atoms with van der Waals surface area (Å²) in [6.07, 6.45) is 0. The van der Waals surface area contributed by atoms with Gasteiger partial charge in [0.1, 0.15) is 31.0 Å². The fraction of sp³-hybridized carbons (Fsp3) is 0.0952. The van der Waals surface area contributed by atoms with Crippen LogP contribution in [0.5, 0.6) is 5.75 Å². The third-order valence-corrected chi connectivity index (χ3v) is 9.88. The number of aromatic nitrogens is 3. The molecule has 4 aromatic rings. The predicted molar refractivity (Wildman–Crippen MR) is 167 cm³/mol. The largest absolute Gasteiger partial charge is 0.505 e. The molecule has 0 aliphatic rings. The van der Waals surface area contributed by atoms with Gasteiger partial charge in [-0.1, -0.05) is 0 Å². The lowest BCUT2D eigenvalue weighted by molar-refractivity contribution is 0.471. The van der Waals surface area contributed by atoms with Crippen LogP contribution in [0.4, 0.5) is 44.7 Å². The first kappa shape index (κ1) is 37.2. The average Bonchev–Trinajstić information content (AvgIpc) is 2.95. The number of azo groups is 1. The molecule has 4 rings (SSSR count). The van der Waals surface area contributed by atoms with Crippen molar-refractivity contribution in [1.29, 1.82) is 0 Å². The van der Waals surface area contributed by atoms with E-state index >= 15 is 0 Å². The zero-order valence-electron chi connectivity index (χ0n) is 23.7. The molecule has 0 saturated heterocycles. The van der Waals surface area contributed by atoms with Crippen LogP contribution in [0.3, 0.4) is 0 Å². The van der Waals surface area contributed by atoms with Gasteiger partial charge in [0.2, 0.25) is 17.2 Å². The van der Waals surface area contributed by atoms with Crippen molar-refractivity contribution in [1.82, 2.24) is 15.0 Å². The Kier molecular flexibility index (Phi) is 9.64. The highest BCUT2D eigenvalue weighted by atomic mass is 35.5. The molecule has 22 nitrogen and oxygen atoms in total. The Balaban J connectivity index is 2.05. The maximum absolute atomic E-state index is 13.2. The summed E-state index contributed by atoms with van der Waals surface area (Å²) in [5.74, 6) is -2.24. The van der Waals surface area contributed by atoms with Crippen molar-refractivity contribution in [2.75, 3.05) is 35.5 Å². The van der Waals surface area contributed by atoms with Crippen molar-refractivity contribution in [2.45, 2.75) is 19.6 Å². The van der Waals surface area contributed by atoms with Crippen LogP contribution in [0.2, 0.25) is 5.28 Å². The third-order valence-electron chi connectivity index (χ3n) is 6.18. The molecule has 0 fully saturated rings. The summed E-state index contributed by atoms with van der Waals surface area (Å²) in [5, 5.41) is 18.5. The van der Waals surface area contributed by atoms with E-state index in [1.165, 1.54) is 7.05 Å². The van der Waals surface area contributed by atoms with Gasteiger partial charge >= 0.3 is 0 Å². The van der Waals surface area contributed by atoms with Crippen LogP contribution in [0.1, 0.15) is 0 Å². The second-order valence-corrected chi connectivity index (χ2v) is 15.4. The molecular formula is C21H19ClFN9O13S4. The van der Waals surface area contributed by atoms with Crippen molar-refractivity contribution >= 4 is 103 Å². The first-order valence-electron chi connectivity index (χ1n) is 12.2. The summed E-state index contributed by atoms with van der Waals surface area (Å²) >= 11 is 5.82. The number of phenolic OH excluding ortho intramolecular Hbond substituents is 1. The van der Waals surface area contributed by atoms with Crippen LogP contribution < -0.4 is 21.7 Å². The van der Waals surface area contributed by atoms with Gasteiger partial charge in [-0.3, -0.25) is 18.2 Å². The van der Waals surface area contributed by atoms with Crippen LogP contribution in [-0.4, -0.2) is 85.8 Å². The molecule has 1 heterocycles. The van der Waals surface area contributed by atoms with E-state index in [9.17, 15) is 61.4 Å². The number of alkyl halides is 1. The number of fused-ring (bicyclic) bond motifs is 1. The zero-order valence-corrected chi connectivity index (χ0v) is 27.8. The van der Waals surface area contributed by atoms with E-state index in [2.05, 4.69) is 30.5 Å². The highest BCUT2D eigenvalue weighted by Gasteiger charge is 2.29. The summed E-state index contributed by atoms with van der Waals surface area (Å²) in [6, 6.07) is 1.80. The van der Waals surface area contributed by atoms with Crippen molar-refractivity contribution in [3.63, 3.8) is 0 Å². The molecule has 264 valence electrons. The minimum absolute atomic E-state index is 0.179. The molecule has 0 amide bonds. The van der Waals surface area contributed by atoms with E-state index in [4.69, 9.17) is 23.1 Å². The molecule has 10 N–H and O–H groups in total. The van der Waals surface area contributed by atoms with E-state index in [1.54, 1.807) is 0 Å². The van der Waals surface area contributed by atoms with Crippen LogP contribution in [0.25, 0.3) is 10.8 Å². The molecule has 0 unspecified atom stereocenters. The Morgan fingerprint density at radius 3 is 1.88 bits per heavy atom. The molecule has 0 atom stereocenters. The number of rotatable bonds is 10. The Morgan fingerprint density at radius 2 is 1.35 bits per heavy atom. The maximum atomic E-state index is 13.2. The molecule has 1 aromatic heterocycles. The molecule has 0 saturated carbocycles. The van der Waals surface area contributed by atoms with Crippen molar-refractivity contribution in [3.8, 4) is 5.75 Å². The van der Waals surface area contributed by atoms with Crippen LogP contribution in [0, 0.1) is 0 Å². The average molecular weight is 788 g/mol. The Hall–Kier alpha value is -4.61. The molecule has 0 spiro atoms. The lowest BCUT2D eigenvalue weighted by atomic mass is 10.1. The standard InChI is InChI=1S/C21H19ClFN9O13S4/c1-32(6-23)21-28-19(22)27-20(29-21)26-8-4-9(11(47(37,38)39)5-10(8)46(34,35)36)30-31-17-13(49(43,44)45)3-7-2-12(48(40,41)42)15(24)16(25)14(7)18(17)33/h2-5,33H,6,24-25H2,1H3,(H,34,35,36)(H,37,38,39)(H,40,41,42)(H,43,44,45)(H,26,27,28,29). The highest BCUT2D eigenvalue weighted by molar-refractivity contribution is 7.87. The number of benzene rings is 3. The number of nitrogens with one attached hydrogen (secondary N) is 1. The number of hydrogen-bond acceptors (Lipinski definition) is 18. The summed E-state index contributed by atoms with van der Waals surface area (Å²) < 4.78 is 149. The highest BCUT2D eigenvalue weighted by Crippen LogP contribution is 2.47. The SMILES string of the molecule is CN(CF)c1nc(Cl)nc(Nc2cc(N=Nc3c(S(=O)(=O)O)cc4cc(S(=O)(=O)O)c(N)c(N)c4c3O)c(S(=O)(=O)O)cc2S(=O)(=O)O)n1. The fourth-order valence-corrected chi connectivity index (χ4v) is 6.87. The Bertz CT molecular complexity index is 2540. The number of halogens is 2. The minimum atomic E-state index is -5.47. The number of nitrogens with zero attached hydrogens (tertiary/aromatic N) is 6. The number of phenols is 1. The molecule has 0 radical (unpaired) electrons. The van der Waals surface area contributed by atoms with Crippen LogP contribution in [-0.2, 0) is 40.5 Å². The Morgan fingerprint density at radius 1 is 0.796 bits per heavy atom. The number of nitrogen functional groups attached to an aromatic ring is 2. The lowest BCUT2D eigenvalue weighted by Gasteiger charge is -2.15. The second-order valence-electron chi connectivity index (χ2n) is 9.46. The number of nitrogens with two attached hydrogens (primary N) is 2. The molecule has 3 aromatic carbocycles. The van der Waals surface area contributed by atoms with Crippen molar-refractivity contribution < 1.29 is 61.4 Å². The number of hydrogen-bond donors (Lipinski definition) is 8. The van der Waals surface area contributed by atoms with Crippen LogP contribution in [0.15, 0.2) is 54.1 Å². The zero-order chi connectivity index (χ0) is 37.0. The van der Waals surface area contributed by atoms with Gasteiger partial charge in [-0.05, 0) is 41.3 Å². The van der Waals surface area contributed by atoms with Crippen molar-refractivity contribution in [3.05, 3.63) is 29.5 Å². The molecule has 0 aliphatic carbocycles. The maximum Gasteiger partial charge on any atom is 0.296 e. The molecule has 28 heteroatoms. The van der Waals surface area contributed by atoms with E-state index in [0.717, 1.165) is 4.90 Å². The van der Waals surface area contributed by atoms with Gasteiger partial charge in [0.05, 0.1) is 22.4 Å². The molecular weight excluding hydrogens is 769 g/mol. The van der Waals surface area contributed by atoms with E-state index < -0.39 is 123 Å². The van der Waals surface area contributed by atoms with Gasteiger partial charge in [-0.25, -0.2) is 4.39 Å². The van der Waals surface area contributed by atoms with E-state index in [1.807, 2.05) is 0 Å². The summed E-state index contributed by atoms with van der Waals surface area (Å²) in [4.78, 5) is 7.02. The van der Waals surface area contributed by atoms with Gasteiger partial charge in [0, 0.05) is 7.05 Å². The topological polar surface area (TPSA) is 368 Å². The Labute approximate surface area is 279 Å². The van der Waals surface area contributed by atoms with Gasteiger partial charge in [0.15, 0.2) is 12.5 Å². The quantitative estimate of drug-likeness (QED) is 0.0493. The number of anilines is 5. The first-order valence-corrected chi connectivity index (χ1v) is 18.3. The third kappa shape index (κ3) is 7.68. The first-order chi connectivity index (χ1) is 22.3. The molecule has 0 bridgehead atoms. The van der Waals surface area contributed by atoms with Gasteiger partial charge in [-0.15, -0.1) is 10.2 Å². The van der Waals surface area contributed by atoms with Crippen LogP contribution >= 0.6 is 11.6 Å². The second kappa shape index (κ2) is 12.7. The van der Waals surface area contributed by atoms with E-state index in [0.29, 0.717) is 18.2 Å². The van der Waals surface area contributed by atoms with Crippen molar-refractivity contribution in [2.24, 2.45) is 10.2 Å². The van der Waals surface area contributed by atoms with E-state index in [-0.39, 0.29) is 12.0 Å². The van der Waals surface area contributed by atoms with Gasteiger partial charge in [-0.2, -0.15) is 48.6 Å². The monoisotopic (exact) mass is 787 g/mol. The predicted octanol–water partition coefficient (Wildman–Crippen LogP) is 2.06. The van der Waals surface area contributed by atoms with Gasteiger partial charge in [0.25, 0.3) is 40.5 Å². The summed E-state index contributed by atoms with van der Waals surface area (Å²) in [6.45, 7) is -1.13. The fourth-order valence-electron chi connectivity index (χ4n) is 4.03. The molecule has 49 heavy (non-hydrogen) atoms.